The van der Waals surface area contributed by atoms with Crippen LogP contribution in [0.4, 0.5) is 0 Å². The van der Waals surface area contributed by atoms with Gasteiger partial charge in [-0.1, -0.05) is 12.1 Å². The highest BCUT2D eigenvalue weighted by molar-refractivity contribution is 5.27. The number of rotatable bonds is 4. The number of hydrogen-bond donors (Lipinski definition) is 0. The lowest BCUT2D eigenvalue weighted by Gasteiger charge is -2.05. The third-order valence-electron chi connectivity index (χ3n) is 2.27. The van der Waals surface area contributed by atoms with Gasteiger partial charge in [0.15, 0.2) is 0 Å². The summed E-state index contributed by atoms with van der Waals surface area (Å²) in [5, 5.41) is 0. The summed E-state index contributed by atoms with van der Waals surface area (Å²) in [6, 6.07) is 12.3. The van der Waals surface area contributed by atoms with Crippen molar-refractivity contribution in [1.29, 1.82) is 0 Å². The maximum Gasteiger partial charge on any atom is 0.119 e. The second kappa shape index (κ2) is 4.69. The van der Waals surface area contributed by atoms with E-state index in [1.54, 1.807) is 0 Å². The zero-order chi connectivity index (χ0) is 10.5. The van der Waals surface area contributed by atoms with Crippen LogP contribution in [-0.2, 0) is 6.54 Å². The first-order valence-electron chi connectivity index (χ1n) is 5.21. The van der Waals surface area contributed by atoms with Crippen molar-refractivity contribution in [2.45, 2.75) is 13.5 Å². The van der Waals surface area contributed by atoms with Crippen molar-refractivity contribution in [2.24, 2.45) is 0 Å². The van der Waals surface area contributed by atoms with E-state index in [1.165, 1.54) is 5.56 Å². The van der Waals surface area contributed by atoms with E-state index in [-0.39, 0.29) is 0 Å². The fourth-order valence-corrected chi connectivity index (χ4v) is 1.54. The predicted molar refractivity (Wildman–Crippen MR) is 61.1 cm³/mol. The van der Waals surface area contributed by atoms with Crippen LogP contribution in [0.5, 0.6) is 5.75 Å². The molecule has 2 aromatic rings. The first kappa shape index (κ1) is 9.84. The second-order valence-corrected chi connectivity index (χ2v) is 3.43. The molecule has 0 aliphatic carbocycles. The Bertz CT molecular complexity index is 389. The first-order chi connectivity index (χ1) is 7.38. The molecule has 0 unspecified atom stereocenters. The van der Waals surface area contributed by atoms with Gasteiger partial charge in [0.1, 0.15) is 5.75 Å². The van der Waals surface area contributed by atoms with Crippen LogP contribution in [-0.4, -0.2) is 11.2 Å². The number of hydrogen-bond acceptors (Lipinski definition) is 1. The fourth-order valence-electron chi connectivity index (χ4n) is 1.54. The lowest BCUT2D eigenvalue weighted by atomic mass is 10.2. The van der Waals surface area contributed by atoms with Crippen molar-refractivity contribution in [1.82, 2.24) is 4.57 Å². The molecular formula is C13H15NO. The second-order valence-electron chi connectivity index (χ2n) is 3.43. The van der Waals surface area contributed by atoms with Gasteiger partial charge < -0.3 is 9.30 Å². The molecule has 1 aromatic heterocycles. The van der Waals surface area contributed by atoms with Crippen LogP contribution in [0.1, 0.15) is 12.5 Å². The molecule has 0 N–H and O–H groups in total. The summed E-state index contributed by atoms with van der Waals surface area (Å²) in [5.74, 6) is 0.939. The van der Waals surface area contributed by atoms with Crippen LogP contribution in [0.25, 0.3) is 0 Å². The third kappa shape index (κ3) is 2.62. The van der Waals surface area contributed by atoms with E-state index in [9.17, 15) is 0 Å². The maximum atomic E-state index is 5.39. The molecule has 0 bridgehead atoms. The van der Waals surface area contributed by atoms with Crippen LogP contribution < -0.4 is 4.74 Å². The SMILES string of the molecule is CCOc1ccc(Cn2cccc2)cc1. The van der Waals surface area contributed by atoms with Gasteiger partial charge in [-0.2, -0.15) is 0 Å². The normalized spacial score (nSPS) is 10.2. The van der Waals surface area contributed by atoms with E-state index in [1.807, 2.05) is 31.2 Å². The third-order valence-corrected chi connectivity index (χ3v) is 2.27. The largest absolute Gasteiger partial charge is 0.494 e. The molecule has 2 heteroatoms. The topological polar surface area (TPSA) is 14.2 Å². The molecule has 0 saturated carbocycles. The van der Waals surface area contributed by atoms with Gasteiger partial charge in [0, 0.05) is 18.9 Å². The zero-order valence-corrected chi connectivity index (χ0v) is 8.89. The average Bonchev–Trinajstić information content (AvgIpc) is 2.74. The first-order valence-corrected chi connectivity index (χ1v) is 5.21. The molecule has 2 rings (SSSR count). The molecule has 1 heterocycles. The van der Waals surface area contributed by atoms with Crippen LogP contribution in [0.2, 0.25) is 0 Å². The Morgan fingerprint density at radius 2 is 1.73 bits per heavy atom. The highest BCUT2D eigenvalue weighted by Gasteiger charge is 1.95. The van der Waals surface area contributed by atoms with Crippen molar-refractivity contribution in [3.63, 3.8) is 0 Å². The van der Waals surface area contributed by atoms with Crippen molar-refractivity contribution < 1.29 is 4.74 Å². The molecule has 0 aliphatic rings. The lowest BCUT2D eigenvalue weighted by molar-refractivity contribution is 0.340. The maximum absolute atomic E-state index is 5.39. The van der Waals surface area contributed by atoms with Crippen LogP contribution in [0, 0.1) is 0 Å². The molecule has 0 amide bonds. The Hall–Kier alpha value is -1.70. The molecule has 0 atom stereocenters. The number of aromatic nitrogens is 1. The minimum atomic E-state index is 0.719. The van der Waals surface area contributed by atoms with Crippen molar-refractivity contribution in [3.05, 3.63) is 54.4 Å². The molecule has 15 heavy (non-hydrogen) atoms. The number of benzene rings is 1. The summed E-state index contributed by atoms with van der Waals surface area (Å²) in [6.45, 7) is 3.63. The number of nitrogens with zero attached hydrogens (tertiary/aromatic N) is 1. The minimum absolute atomic E-state index is 0.719. The zero-order valence-electron chi connectivity index (χ0n) is 8.89. The molecule has 0 saturated heterocycles. The van der Waals surface area contributed by atoms with Gasteiger partial charge >= 0.3 is 0 Å². The summed E-state index contributed by atoms with van der Waals surface area (Å²) in [7, 11) is 0. The van der Waals surface area contributed by atoms with Gasteiger partial charge in [0.25, 0.3) is 0 Å². The molecular weight excluding hydrogens is 186 g/mol. The number of ether oxygens (including phenoxy) is 1. The van der Waals surface area contributed by atoms with Gasteiger partial charge in [-0.15, -0.1) is 0 Å². The van der Waals surface area contributed by atoms with E-state index in [0.717, 1.165) is 18.9 Å². The van der Waals surface area contributed by atoms with Gasteiger partial charge in [-0.25, -0.2) is 0 Å². The van der Waals surface area contributed by atoms with Crippen LogP contribution >= 0.6 is 0 Å². The summed E-state index contributed by atoms with van der Waals surface area (Å²) < 4.78 is 7.54. The summed E-state index contributed by atoms with van der Waals surface area (Å²) >= 11 is 0. The van der Waals surface area contributed by atoms with Crippen molar-refractivity contribution in [2.75, 3.05) is 6.61 Å². The van der Waals surface area contributed by atoms with Gasteiger partial charge in [0.05, 0.1) is 6.61 Å². The average molecular weight is 201 g/mol. The predicted octanol–water partition coefficient (Wildman–Crippen LogP) is 2.94. The van der Waals surface area contributed by atoms with E-state index in [0.29, 0.717) is 0 Å². The smallest absolute Gasteiger partial charge is 0.119 e. The lowest BCUT2D eigenvalue weighted by Crippen LogP contribution is -1.96. The molecule has 0 fully saturated rings. The molecule has 0 aliphatic heterocycles. The van der Waals surface area contributed by atoms with Gasteiger partial charge in [-0.3, -0.25) is 0 Å². The Labute approximate surface area is 90.1 Å². The monoisotopic (exact) mass is 201 g/mol. The Morgan fingerprint density at radius 3 is 2.33 bits per heavy atom. The molecule has 78 valence electrons. The van der Waals surface area contributed by atoms with Crippen molar-refractivity contribution >= 4 is 0 Å². The standard InChI is InChI=1S/C13H15NO/c1-2-15-13-7-5-12(6-8-13)11-14-9-3-4-10-14/h3-10H,2,11H2,1H3. The molecule has 0 spiro atoms. The minimum Gasteiger partial charge on any atom is -0.494 e. The highest BCUT2D eigenvalue weighted by atomic mass is 16.5. The quantitative estimate of drug-likeness (QED) is 0.741. The Balaban J connectivity index is 2.04. The molecule has 0 radical (unpaired) electrons. The summed E-state index contributed by atoms with van der Waals surface area (Å²) in [4.78, 5) is 0. The summed E-state index contributed by atoms with van der Waals surface area (Å²) in [5.41, 5.74) is 1.29. The Morgan fingerprint density at radius 1 is 1.07 bits per heavy atom. The van der Waals surface area contributed by atoms with Crippen LogP contribution in [0.15, 0.2) is 48.8 Å². The molecule has 1 aromatic carbocycles. The summed E-state index contributed by atoms with van der Waals surface area (Å²) in [6.07, 6.45) is 4.13. The van der Waals surface area contributed by atoms with E-state index in [4.69, 9.17) is 4.74 Å². The fraction of sp³-hybridized carbons (Fsp3) is 0.231. The van der Waals surface area contributed by atoms with E-state index >= 15 is 0 Å². The molecule has 2 nitrogen and oxygen atoms in total. The van der Waals surface area contributed by atoms with E-state index < -0.39 is 0 Å². The van der Waals surface area contributed by atoms with Gasteiger partial charge in [-0.05, 0) is 36.8 Å². The van der Waals surface area contributed by atoms with Crippen molar-refractivity contribution in [3.8, 4) is 5.75 Å². The van der Waals surface area contributed by atoms with Gasteiger partial charge in [0.2, 0.25) is 0 Å². The van der Waals surface area contributed by atoms with E-state index in [2.05, 4.69) is 29.1 Å². The Kier molecular flexibility index (Phi) is 3.08. The highest BCUT2D eigenvalue weighted by Crippen LogP contribution is 2.12. The van der Waals surface area contributed by atoms with Crippen LogP contribution in [0.3, 0.4) is 0 Å².